The highest BCUT2D eigenvalue weighted by atomic mass is 16.3. The first-order chi connectivity index (χ1) is 15.6. The Morgan fingerprint density at radius 1 is 1.03 bits per heavy atom. The second-order valence-corrected chi connectivity index (χ2v) is 8.09. The van der Waals surface area contributed by atoms with Crippen LogP contribution in [0, 0.1) is 0 Å². The van der Waals surface area contributed by atoms with Gasteiger partial charge in [0.05, 0.1) is 18.8 Å². The summed E-state index contributed by atoms with van der Waals surface area (Å²) in [7, 11) is 0. The Morgan fingerprint density at radius 2 is 1.84 bits per heavy atom. The number of nitrogens with zero attached hydrogens (tertiary/aromatic N) is 5. The molecule has 166 valence electrons. The number of pyridine rings is 1. The van der Waals surface area contributed by atoms with Crippen LogP contribution in [0.25, 0.3) is 16.8 Å². The summed E-state index contributed by atoms with van der Waals surface area (Å²) in [5, 5.41) is 20.7. The average Bonchev–Trinajstić information content (AvgIpc) is 3.26. The molecule has 0 aliphatic heterocycles. The molecule has 0 radical (unpaired) electrons. The van der Waals surface area contributed by atoms with Crippen molar-refractivity contribution in [1.82, 2.24) is 24.6 Å². The molecule has 0 unspecified atom stereocenters. The molecule has 0 spiro atoms. The molecule has 0 aliphatic rings. The fourth-order valence-electron chi connectivity index (χ4n) is 3.47. The van der Waals surface area contributed by atoms with Crippen molar-refractivity contribution in [3.8, 4) is 11.1 Å². The third-order valence-electron chi connectivity index (χ3n) is 5.46. The van der Waals surface area contributed by atoms with Crippen molar-refractivity contribution in [3.05, 3.63) is 66.1 Å². The lowest BCUT2D eigenvalue weighted by Gasteiger charge is -2.16. The SMILES string of the molecule is CC[C@@H](CO)Nc1nc(NCc2ccc(-c3cccnc3)cc2)n2ncc(C(C)C)c2n1. The van der Waals surface area contributed by atoms with Gasteiger partial charge in [0.25, 0.3) is 0 Å². The maximum atomic E-state index is 9.57. The Balaban J connectivity index is 1.58. The van der Waals surface area contributed by atoms with Crippen LogP contribution >= 0.6 is 0 Å². The number of hydrogen-bond donors (Lipinski definition) is 3. The molecule has 4 rings (SSSR count). The first kappa shape index (κ1) is 21.7. The van der Waals surface area contributed by atoms with E-state index in [1.807, 2.05) is 31.5 Å². The van der Waals surface area contributed by atoms with Gasteiger partial charge in [-0.05, 0) is 35.1 Å². The molecule has 1 atom stereocenters. The van der Waals surface area contributed by atoms with Crippen LogP contribution in [-0.2, 0) is 6.54 Å². The maximum absolute atomic E-state index is 9.57. The molecular weight excluding hydrogens is 402 g/mol. The fraction of sp³-hybridized carbons (Fsp3) is 0.333. The molecule has 3 heterocycles. The summed E-state index contributed by atoms with van der Waals surface area (Å²) >= 11 is 0. The van der Waals surface area contributed by atoms with E-state index in [0.717, 1.165) is 34.3 Å². The van der Waals surface area contributed by atoms with Crippen molar-refractivity contribution >= 4 is 17.5 Å². The smallest absolute Gasteiger partial charge is 0.229 e. The highest BCUT2D eigenvalue weighted by Crippen LogP contribution is 2.23. The van der Waals surface area contributed by atoms with Crippen LogP contribution in [0.5, 0.6) is 0 Å². The standard InChI is InChI=1S/C24H29N7O/c1-4-20(15-32)28-23-29-22-21(16(2)3)14-27-31(22)24(30-23)26-12-17-7-9-18(10-8-17)19-6-5-11-25-13-19/h5-11,13-14,16,20,32H,4,12,15H2,1-3H3,(H2,26,28,29,30)/t20-/m0/s1. The number of rotatable bonds is 9. The normalized spacial score (nSPS) is 12.3. The number of anilines is 2. The number of nitrogens with one attached hydrogen (secondary N) is 2. The summed E-state index contributed by atoms with van der Waals surface area (Å²) < 4.78 is 1.74. The summed E-state index contributed by atoms with van der Waals surface area (Å²) in [4.78, 5) is 13.5. The van der Waals surface area contributed by atoms with E-state index in [4.69, 9.17) is 0 Å². The van der Waals surface area contributed by atoms with E-state index in [2.05, 4.69) is 68.8 Å². The number of aliphatic hydroxyl groups excluding tert-OH is 1. The Morgan fingerprint density at radius 3 is 2.50 bits per heavy atom. The van der Waals surface area contributed by atoms with E-state index in [1.54, 1.807) is 10.7 Å². The van der Waals surface area contributed by atoms with Crippen LogP contribution in [-0.4, -0.2) is 42.3 Å². The lowest BCUT2D eigenvalue weighted by Crippen LogP contribution is -2.24. The second kappa shape index (κ2) is 9.74. The third kappa shape index (κ3) is 4.70. The van der Waals surface area contributed by atoms with Gasteiger partial charge in [-0.25, -0.2) is 0 Å². The zero-order valence-electron chi connectivity index (χ0n) is 18.7. The molecule has 0 saturated heterocycles. The molecule has 0 fully saturated rings. The van der Waals surface area contributed by atoms with Gasteiger partial charge < -0.3 is 15.7 Å². The number of benzene rings is 1. The van der Waals surface area contributed by atoms with Crippen molar-refractivity contribution in [1.29, 1.82) is 0 Å². The van der Waals surface area contributed by atoms with Crippen LogP contribution in [0.15, 0.2) is 55.0 Å². The zero-order chi connectivity index (χ0) is 22.5. The molecule has 0 aliphatic carbocycles. The fourth-order valence-corrected chi connectivity index (χ4v) is 3.47. The quantitative estimate of drug-likeness (QED) is 0.367. The minimum Gasteiger partial charge on any atom is -0.394 e. The monoisotopic (exact) mass is 431 g/mol. The molecule has 0 bridgehead atoms. The number of aliphatic hydroxyl groups is 1. The van der Waals surface area contributed by atoms with Crippen LogP contribution in [0.3, 0.4) is 0 Å². The molecule has 4 aromatic rings. The van der Waals surface area contributed by atoms with Gasteiger partial charge >= 0.3 is 0 Å². The largest absolute Gasteiger partial charge is 0.394 e. The number of fused-ring (bicyclic) bond motifs is 1. The van der Waals surface area contributed by atoms with Crippen LogP contribution < -0.4 is 10.6 Å². The third-order valence-corrected chi connectivity index (χ3v) is 5.46. The first-order valence-corrected chi connectivity index (χ1v) is 10.9. The summed E-state index contributed by atoms with van der Waals surface area (Å²) in [5.74, 6) is 1.37. The highest BCUT2D eigenvalue weighted by Gasteiger charge is 2.16. The molecule has 8 heteroatoms. The lowest BCUT2D eigenvalue weighted by atomic mass is 10.1. The van der Waals surface area contributed by atoms with Gasteiger partial charge in [0.15, 0.2) is 5.65 Å². The van der Waals surface area contributed by atoms with Crippen LogP contribution in [0.4, 0.5) is 11.9 Å². The minimum atomic E-state index is -0.101. The van der Waals surface area contributed by atoms with Gasteiger partial charge in [0.2, 0.25) is 11.9 Å². The number of aromatic nitrogens is 5. The van der Waals surface area contributed by atoms with Crippen LogP contribution in [0.1, 0.15) is 44.2 Å². The summed E-state index contributed by atoms with van der Waals surface area (Å²) in [5.41, 5.74) is 5.15. The summed E-state index contributed by atoms with van der Waals surface area (Å²) in [6, 6.07) is 12.3. The van der Waals surface area contributed by atoms with Gasteiger partial charge in [-0.15, -0.1) is 0 Å². The van der Waals surface area contributed by atoms with E-state index < -0.39 is 0 Å². The van der Waals surface area contributed by atoms with E-state index in [9.17, 15) is 5.11 Å². The van der Waals surface area contributed by atoms with Gasteiger partial charge in [-0.1, -0.05) is 51.1 Å². The predicted molar refractivity (Wildman–Crippen MR) is 127 cm³/mol. The topological polar surface area (TPSA) is 100 Å². The highest BCUT2D eigenvalue weighted by molar-refractivity contribution is 5.62. The minimum absolute atomic E-state index is 0.0212. The van der Waals surface area contributed by atoms with Crippen LogP contribution in [0.2, 0.25) is 0 Å². The molecule has 3 aromatic heterocycles. The van der Waals surface area contributed by atoms with E-state index >= 15 is 0 Å². The summed E-state index contributed by atoms with van der Waals surface area (Å²) in [6.07, 6.45) is 6.25. The van der Waals surface area contributed by atoms with E-state index in [1.165, 1.54) is 0 Å². The van der Waals surface area contributed by atoms with E-state index in [0.29, 0.717) is 18.4 Å². The van der Waals surface area contributed by atoms with Crippen molar-refractivity contribution < 1.29 is 5.11 Å². The van der Waals surface area contributed by atoms with Gasteiger partial charge in [0.1, 0.15) is 0 Å². The van der Waals surface area contributed by atoms with Crippen molar-refractivity contribution in [2.45, 2.75) is 45.7 Å². The van der Waals surface area contributed by atoms with E-state index in [-0.39, 0.29) is 18.6 Å². The Hall–Kier alpha value is -3.52. The molecule has 0 amide bonds. The average molecular weight is 432 g/mol. The zero-order valence-corrected chi connectivity index (χ0v) is 18.7. The Kier molecular flexibility index (Phi) is 6.61. The number of hydrogen-bond acceptors (Lipinski definition) is 7. The first-order valence-electron chi connectivity index (χ1n) is 10.9. The molecule has 8 nitrogen and oxygen atoms in total. The van der Waals surface area contributed by atoms with Crippen molar-refractivity contribution in [3.63, 3.8) is 0 Å². The van der Waals surface area contributed by atoms with Gasteiger partial charge in [0, 0.05) is 24.5 Å². The maximum Gasteiger partial charge on any atom is 0.229 e. The van der Waals surface area contributed by atoms with Gasteiger partial charge in [-0.2, -0.15) is 19.6 Å². The second-order valence-electron chi connectivity index (χ2n) is 8.09. The molecule has 32 heavy (non-hydrogen) atoms. The van der Waals surface area contributed by atoms with Gasteiger partial charge in [-0.3, -0.25) is 4.98 Å². The molecule has 1 aromatic carbocycles. The Bertz CT molecular complexity index is 1150. The molecule has 3 N–H and O–H groups in total. The molecule has 0 saturated carbocycles. The van der Waals surface area contributed by atoms with Crippen molar-refractivity contribution in [2.24, 2.45) is 0 Å². The van der Waals surface area contributed by atoms with Crippen molar-refractivity contribution in [2.75, 3.05) is 17.2 Å². The predicted octanol–water partition coefficient (Wildman–Crippen LogP) is 4.10. The molecular formula is C24H29N7O. The summed E-state index contributed by atoms with van der Waals surface area (Å²) in [6.45, 7) is 6.86. The Labute approximate surface area is 187 Å². The lowest BCUT2D eigenvalue weighted by molar-refractivity contribution is 0.271.